The van der Waals surface area contributed by atoms with Gasteiger partial charge in [-0.25, -0.2) is 8.42 Å². The molecule has 4 rings (SSSR count). The van der Waals surface area contributed by atoms with Crippen molar-refractivity contribution in [2.24, 2.45) is 0 Å². The lowest BCUT2D eigenvalue weighted by Gasteiger charge is -2.32. The van der Waals surface area contributed by atoms with Crippen molar-refractivity contribution in [1.29, 1.82) is 0 Å². The molecule has 9 nitrogen and oxygen atoms in total. The fourth-order valence-corrected chi connectivity index (χ4v) is 5.96. The summed E-state index contributed by atoms with van der Waals surface area (Å²) in [5.41, 5.74) is 3.40. The van der Waals surface area contributed by atoms with Crippen LogP contribution in [0.3, 0.4) is 0 Å². The van der Waals surface area contributed by atoms with E-state index in [2.05, 4.69) is 5.32 Å². The van der Waals surface area contributed by atoms with E-state index in [1.54, 1.807) is 23.1 Å². The summed E-state index contributed by atoms with van der Waals surface area (Å²) < 4.78 is 38.1. The first-order valence-corrected chi connectivity index (χ1v) is 16.5. The molecule has 230 valence electrons. The van der Waals surface area contributed by atoms with Crippen molar-refractivity contribution in [3.8, 4) is 11.5 Å². The predicted octanol–water partition coefficient (Wildman–Crippen LogP) is 4.48. The summed E-state index contributed by atoms with van der Waals surface area (Å²) >= 11 is 0. The van der Waals surface area contributed by atoms with Crippen LogP contribution in [-0.2, 0) is 32.6 Å². The highest BCUT2D eigenvalue weighted by molar-refractivity contribution is 7.92. The van der Waals surface area contributed by atoms with Crippen LogP contribution in [0.5, 0.6) is 11.5 Å². The normalized spacial score (nSPS) is 13.2. The Bertz CT molecular complexity index is 1480. The van der Waals surface area contributed by atoms with E-state index in [0.29, 0.717) is 43.4 Å². The molecule has 0 saturated heterocycles. The van der Waals surface area contributed by atoms with Gasteiger partial charge < -0.3 is 19.7 Å². The van der Waals surface area contributed by atoms with Crippen LogP contribution < -0.4 is 19.1 Å². The number of amides is 2. The third-order valence-electron chi connectivity index (χ3n) is 7.26. The van der Waals surface area contributed by atoms with Gasteiger partial charge in [-0.05, 0) is 43.0 Å². The zero-order valence-corrected chi connectivity index (χ0v) is 25.9. The van der Waals surface area contributed by atoms with Gasteiger partial charge in [0.25, 0.3) is 0 Å². The van der Waals surface area contributed by atoms with Crippen molar-refractivity contribution in [2.75, 3.05) is 36.9 Å². The average molecular weight is 608 g/mol. The van der Waals surface area contributed by atoms with E-state index < -0.39 is 16.1 Å². The lowest BCUT2D eigenvalue weighted by molar-refractivity contribution is -0.141. The topological polar surface area (TPSA) is 105 Å². The Morgan fingerprint density at radius 1 is 0.930 bits per heavy atom. The van der Waals surface area contributed by atoms with E-state index >= 15 is 0 Å². The number of fused-ring (bicyclic) bond motifs is 1. The monoisotopic (exact) mass is 607 g/mol. The molecule has 0 aromatic heterocycles. The zero-order valence-electron chi connectivity index (χ0n) is 25.1. The van der Waals surface area contributed by atoms with Gasteiger partial charge in [-0.1, -0.05) is 67.1 Å². The third kappa shape index (κ3) is 8.97. The van der Waals surface area contributed by atoms with Crippen LogP contribution in [-0.4, -0.2) is 63.7 Å². The van der Waals surface area contributed by atoms with Crippen molar-refractivity contribution in [3.63, 3.8) is 0 Å². The van der Waals surface area contributed by atoms with Crippen LogP contribution >= 0.6 is 0 Å². The SMILES string of the molecule is CCCNC(=O)[C@@H](Cc1ccccc1)N(Cc1ccc(C)cc1)C(=O)CCCN(c1ccc2c(c1)OCCO2)S(C)(=O)=O. The van der Waals surface area contributed by atoms with E-state index in [1.165, 1.54) is 4.31 Å². The van der Waals surface area contributed by atoms with Crippen molar-refractivity contribution in [1.82, 2.24) is 10.2 Å². The number of benzene rings is 3. The second-order valence-corrected chi connectivity index (χ2v) is 12.7. The standard InChI is InChI=1S/C33H41N3O6S/c1-4-18-34-33(38)29(22-26-9-6-5-7-10-26)35(24-27-14-12-25(2)13-15-27)32(37)11-8-19-36(43(3,39)40)28-16-17-30-31(23-28)42-21-20-41-30/h5-7,9-10,12-17,23,29H,4,8,11,18-22,24H2,1-3H3,(H,34,38)/t29-/m1/s1. The number of anilines is 1. The summed E-state index contributed by atoms with van der Waals surface area (Å²) in [6.45, 7) is 5.66. The first-order valence-electron chi connectivity index (χ1n) is 14.7. The minimum atomic E-state index is -3.65. The van der Waals surface area contributed by atoms with E-state index in [4.69, 9.17) is 9.47 Å². The molecule has 1 atom stereocenters. The van der Waals surface area contributed by atoms with Crippen LogP contribution in [0.15, 0.2) is 72.8 Å². The number of carbonyl (C=O) groups excluding carboxylic acids is 2. The summed E-state index contributed by atoms with van der Waals surface area (Å²) in [6.07, 6.45) is 2.61. The van der Waals surface area contributed by atoms with Gasteiger partial charge in [0.05, 0.1) is 11.9 Å². The van der Waals surface area contributed by atoms with E-state index in [9.17, 15) is 18.0 Å². The van der Waals surface area contributed by atoms with Gasteiger partial charge in [-0.2, -0.15) is 0 Å². The number of rotatable bonds is 14. The second-order valence-electron chi connectivity index (χ2n) is 10.8. The predicted molar refractivity (Wildman–Crippen MR) is 168 cm³/mol. The minimum absolute atomic E-state index is 0.0643. The molecular weight excluding hydrogens is 566 g/mol. The van der Waals surface area contributed by atoms with Gasteiger partial charge in [-0.3, -0.25) is 13.9 Å². The molecule has 43 heavy (non-hydrogen) atoms. The maximum atomic E-state index is 13.9. The summed E-state index contributed by atoms with van der Waals surface area (Å²) in [7, 11) is -3.65. The highest BCUT2D eigenvalue weighted by Gasteiger charge is 2.30. The molecular formula is C33H41N3O6S. The zero-order chi connectivity index (χ0) is 30.8. The van der Waals surface area contributed by atoms with Gasteiger partial charge in [-0.15, -0.1) is 0 Å². The number of aryl methyl sites for hydroxylation is 1. The Hall–Kier alpha value is -4.05. The highest BCUT2D eigenvalue weighted by atomic mass is 32.2. The molecule has 0 saturated carbocycles. The molecule has 0 fully saturated rings. The van der Waals surface area contributed by atoms with Gasteiger partial charge in [0.15, 0.2) is 11.5 Å². The number of nitrogens with one attached hydrogen (secondary N) is 1. The van der Waals surface area contributed by atoms with Crippen molar-refractivity contribution in [2.45, 2.75) is 52.1 Å². The quantitative estimate of drug-likeness (QED) is 0.290. The van der Waals surface area contributed by atoms with Crippen LogP contribution in [0.1, 0.15) is 42.9 Å². The maximum absolute atomic E-state index is 13.9. The number of ether oxygens (including phenoxy) is 2. The lowest BCUT2D eigenvalue weighted by Crippen LogP contribution is -2.50. The number of carbonyl (C=O) groups is 2. The molecule has 0 aliphatic carbocycles. The Kier molecular flexibility index (Phi) is 11.1. The molecule has 10 heteroatoms. The molecule has 3 aromatic rings. The first-order chi connectivity index (χ1) is 20.7. The molecule has 1 N–H and O–H groups in total. The summed E-state index contributed by atoms with van der Waals surface area (Å²) in [5.74, 6) is 0.625. The number of sulfonamides is 1. The van der Waals surface area contributed by atoms with Crippen molar-refractivity contribution < 1.29 is 27.5 Å². The van der Waals surface area contributed by atoms with Gasteiger partial charge in [0, 0.05) is 38.5 Å². The molecule has 1 aliphatic heterocycles. The van der Waals surface area contributed by atoms with Crippen molar-refractivity contribution in [3.05, 3.63) is 89.5 Å². The second kappa shape index (κ2) is 14.9. The maximum Gasteiger partial charge on any atom is 0.243 e. The minimum Gasteiger partial charge on any atom is -0.486 e. The fourth-order valence-electron chi connectivity index (χ4n) is 5.00. The van der Waals surface area contributed by atoms with Crippen molar-refractivity contribution >= 4 is 27.5 Å². The van der Waals surface area contributed by atoms with E-state index in [-0.39, 0.29) is 37.7 Å². The summed E-state index contributed by atoms with van der Waals surface area (Å²) in [5, 5.41) is 2.98. The number of nitrogens with zero attached hydrogens (tertiary/aromatic N) is 2. The molecule has 3 aromatic carbocycles. The Morgan fingerprint density at radius 3 is 2.30 bits per heavy atom. The molecule has 1 heterocycles. The van der Waals surface area contributed by atoms with Gasteiger partial charge in [0.2, 0.25) is 21.8 Å². The van der Waals surface area contributed by atoms with Crippen LogP contribution in [0, 0.1) is 6.92 Å². The van der Waals surface area contributed by atoms with E-state index in [1.807, 2.05) is 68.4 Å². The Morgan fingerprint density at radius 2 is 1.63 bits per heavy atom. The van der Waals surface area contributed by atoms with Gasteiger partial charge in [0.1, 0.15) is 19.3 Å². The molecule has 1 aliphatic rings. The molecule has 0 radical (unpaired) electrons. The van der Waals surface area contributed by atoms with Gasteiger partial charge >= 0.3 is 0 Å². The highest BCUT2D eigenvalue weighted by Crippen LogP contribution is 2.34. The molecule has 0 unspecified atom stereocenters. The average Bonchev–Trinajstić information content (AvgIpc) is 3.00. The van der Waals surface area contributed by atoms with E-state index in [0.717, 1.165) is 29.4 Å². The number of hydrogen-bond acceptors (Lipinski definition) is 6. The summed E-state index contributed by atoms with van der Waals surface area (Å²) in [4.78, 5) is 29.1. The van der Waals surface area contributed by atoms with Crippen LogP contribution in [0.4, 0.5) is 5.69 Å². The van der Waals surface area contributed by atoms with Crippen LogP contribution in [0.2, 0.25) is 0 Å². The Labute approximate surface area is 254 Å². The largest absolute Gasteiger partial charge is 0.486 e. The molecule has 0 bridgehead atoms. The fraction of sp³-hybridized carbons (Fsp3) is 0.394. The van der Waals surface area contributed by atoms with Crippen LogP contribution in [0.25, 0.3) is 0 Å². The lowest BCUT2D eigenvalue weighted by atomic mass is 10.0. The number of hydrogen-bond donors (Lipinski definition) is 1. The third-order valence-corrected chi connectivity index (χ3v) is 8.45. The smallest absolute Gasteiger partial charge is 0.243 e. The molecule has 0 spiro atoms. The first kappa shape index (κ1) is 31.9. The molecule has 2 amide bonds. The summed E-state index contributed by atoms with van der Waals surface area (Å²) in [6, 6.07) is 21.8. The Balaban J connectivity index is 1.56.